The highest BCUT2D eigenvalue weighted by Gasteiger charge is 2.53. The number of likely N-dealkylation sites (tertiary alicyclic amines) is 1. The molecule has 5 rings (SSSR count). The minimum Gasteiger partial charge on any atom is -0.368 e. The normalized spacial score (nSPS) is 19.2. The summed E-state index contributed by atoms with van der Waals surface area (Å²) in [5.41, 5.74) is 0.781. The summed E-state index contributed by atoms with van der Waals surface area (Å²) in [4.78, 5) is 24.9. The number of anilines is 1. The number of hydrogen-bond donors (Lipinski definition) is 1. The molecule has 2 fully saturated rings. The molecule has 1 aliphatic carbocycles. The van der Waals surface area contributed by atoms with Crippen LogP contribution in [0.15, 0.2) is 48.7 Å². The zero-order valence-corrected chi connectivity index (χ0v) is 18.8. The quantitative estimate of drug-likeness (QED) is 0.522. The van der Waals surface area contributed by atoms with E-state index in [1.165, 1.54) is 11.3 Å². The molecule has 2 aromatic heterocycles. The maximum absolute atomic E-state index is 13.7. The summed E-state index contributed by atoms with van der Waals surface area (Å²) in [6.07, 6.45) is -0.319. The summed E-state index contributed by atoms with van der Waals surface area (Å²) >= 11 is 1.49. The number of benzene rings is 1. The van der Waals surface area contributed by atoms with E-state index in [-0.39, 0.29) is 23.2 Å². The maximum Gasteiger partial charge on any atom is 0.416 e. The topological polar surface area (TPSA) is 58.1 Å². The van der Waals surface area contributed by atoms with Gasteiger partial charge >= 0.3 is 6.18 Å². The van der Waals surface area contributed by atoms with Crippen LogP contribution in [-0.2, 0) is 6.18 Å². The van der Waals surface area contributed by atoms with Crippen LogP contribution in [0.4, 0.5) is 19.0 Å². The Morgan fingerprint density at radius 2 is 2.00 bits per heavy atom. The van der Waals surface area contributed by atoms with Crippen molar-refractivity contribution in [2.24, 2.45) is 5.41 Å². The Morgan fingerprint density at radius 3 is 2.70 bits per heavy atom. The Bertz CT molecular complexity index is 1170. The Morgan fingerprint density at radius 1 is 1.24 bits per heavy atom. The Labute approximate surface area is 193 Å². The summed E-state index contributed by atoms with van der Waals surface area (Å²) in [7, 11) is 0. The van der Waals surface area contributed by atoms with Crippen molar-refractivity contribution in [2.45, 2.75) is 38.4 Å². The second kappa shape index (κ2) is 8.13. The Kier molecular flexibility index (Phi) is 5.39. The summed E-state index contributed by atoms with van der Waals surface area (Å²) in [6.45, 7) is 2.88. The van der Waals surface area contributed by atoms with Crippen molar-refractivity contribution in [1.29, 1.82) is 0 Å². The largest absolute Gasteiger partial charge is 0.416 e. The lowest BCUT2D eigenvalue weighted by atomic mass is 10.0. The highest BCUT2D eigenvalue weighted by Crippen LogP contribution is 2.55. The highest BCUT2D eigenvalue weighted by atomic mass is 32.1. The Balaban J connectivity index is 1.38. The van der Waals surface area contributed by atoms with Gasteiger partial charge in [-0.2, -0.15) is 13.2 Å². The molecule has 1 saturated heterocycles. The average Bonchev–Trinajstić information content (AvgIpc) is 3.28. The maximum atomic E-state index is 13.7. The van der Waals surface area contributed by atoms with Gasteiger partial charge in [-0.25, -0.2) is 9.97 Å². The van der Waals surface area contributed by atoms with E-state index in [2.05, 4.69) is 15.3 Å². The fourth-order valence-corrected chi connectivity index (χ4v) is 5.46. The second-order valence-corrected chi connectivity index (χ2v) is 10.1. The molecular weight excluding hydrogens is 449 g/mol. The molecule has 1 saturated carbocycles. The third-order valence-electron chi connectivity index (χ3n) is 6.41. The van der Waals surface area contributed by atoms with Crippen molar-refractivity contribution < 1.29 is 18.0 Å². The van der Waals surface area contributed by atoms with E-state index in [0.717, 1.165) is 53.0 Å². The monoisotopic (exact) mass is 472 g/mol. The van der Waals surface area contributed by atoms with Crippen LogP contribution in [0.2, 0.25) is 0 Å². The van der Waals surface area contributed by atoms with Crippen LogP contribution in [0.3, 0.4) is 0 Å². The predicted octanol–water partition coefficient (Wildman–Crippen LogP) is 5.64. The number of carbonyl (C=O) groups excluding carboxylic acids is 1. The first kappa shape index (κ1) is 21.9. The van der Waals surface area contributed by atoms with Gasteiger partial charge in [0.25, 0.3) is 5.91 Å². The SMILES string of the molecule is Cc1nc(C(=O)N2CC3(CC3)CC2CNc2cc(C(F)(F)F)ccn2)c(-c2ccccc2)s1. The number of alkyl halides is 3. The van der Waals surface area contributed by atoms with E-state index in [1.54, 1.807) is 0 Å². The fraction of sp³-hybridized carbons (Fsp3) is 0.375. The minimum atomic E-state index is -4.43. The van der Waals surface area contributed by atoms with Gasteiger partial charge in [0, 0.05) is 25.3 Å². The number of thiazole rings is 1. The number of halogens is 3. The molecule has 1 unspecified atom stereocenters. The third-order valence-corrected chi connectivity index (χ3v) is 7.43. The van der Waals surface area contributed by atoms with Crippen molar-refractivity contribution in [3.8, 4) is 10.4 Å². The average molecular weight is 473 g/mol. The van der Waals surface area contributed by atoms with Gasteiger partial charge in [-0.15, -0.1) is 11.3 Å². The van der Waals surface area contributed by atoms with Crippen molar-refractivity contribution in [2.75, 3.05) is 18.4 Å². The number of hydrogen-bond acceptors (Lipinski definition) is 5. The van der Waals surface area contributed by atoms with Crippen LogP contribution in [-0.4, -0.2) is 39.9 Å². The molecule has 0 bridgehead atoms. The number of aromatic nitrogens is 2. The van der Waals surface area contributed by atoms with Crippen LogP contribution < -0.4 is 5.32 Å². The van der Waals surface area contributed by atoms with E-state index in [1.807, 2.05) is 42.2 Å². The first-order valence-corrected chi connectivity index (χ1v) is 11.7. The van der Waals surface area contributed by atoms with E-state index in [4.69, 9.17) is 0 Å². The van der Waals surface area contributed by atoms with Crippen LogP contribution in [0.5, 0.6) is 0 Å². The van der Waals surface area contributed by atoms with Gasteiger partial charge in [0.1, 0.15) is 11.5 Å². The first-order valence-electron chi connectivity index (χ1n) is 10.9. The van der Waals surface area contributed by atoms with Crippen molar-refractivity contribution in [3.05, 3.63) is 64.9 Å². The van der Waals surface area contributed by atoms with Crippen LogP contribution in [0.25, 0.3) is 10.4 Å². The zero-order chi connectivity index (χ0) is 23.2. The number of rotatable bonds is 5. The molecular formula is C24H23F3N4OS. The molecule has 1 N–H and O–H groups in total. The van der Waals surface area contributed by atoms with Gasteiger partial charge in [-0.3, -0.25) is 4.79 Å². The molecule has 172 valence electrons. The number of pyridine rings is 1. The molecule has 1 spiro atoms. The lowest BCUT2D eigenvalue weighted by Crippen LogP contribution is -2.40. The Hall–Kier alpha value is -2.94. The number of nitrogens with one attached hydrogen (secondary N) is 1. The molecule has 3 aromatic rings. The standard InChI is InChI=1S/C24H23F3N4OS/c1-15-30-20(21(33-15)16-5-3-2-4-6-16)22(32)31-14-23(8-9-23)12-18(31)13-29-19-11-17(7-10-28-19)24(25,26)27/h2-7,10-11,18H,8-9,12-14H2,1H3,(H,28,29). The molecule has 9 heteroatoms. The number of carbonyl (C=O) groups is 1. The number of nitrogens with zero attached hydrogens (tertiary/aromatic N) is 3. The van der Waals surface area contributed by atoms with Gasteiger partial charge in [-0.1, -0.05) is 30.3 Å². The van der Waals surface area contributed by atoms with E-state index < -0.39 is 11.7 Å². The lowest BCUT2D eigenvalue weighted by molar-refractivity contribution is -0.137. The zero-order valence-electron chi connectivity index (χ0n) is 18.0. The summed E-state index contributed by atoms with van der Waals surface area (Å²) in [6, 6.07) is 11.5. The molecule has 1 amide bonds. The molecule has 5 nitrogen and oxygen atoms in total. The second-order valence-electron chi connectivity index (χ2n) is 8.88. The van der Waals surface area contributed by atoms with Gasteiger partial charge in [0.05, 0.1) is 15.4 Å². The van der Waals surface area contributed by atoms with Gasteiger partial charge < -0.3 is 10.2 Å². The smallest absolute Gasteiger partial charge is 0.368 e. The van der Waals surface area contributed by atoms with Crippen molar-refractivity contribution >= 4 is 23.1 Å². The molecule has 33 heavy (non-hydrogen) atoms. The molecule has 2 aliphatic rings. The predicted molar refractivity (Wildman–Crippen MR) is 121 cm³/mol. The lowest BCUT2D eigenvalue weighted by Gasteiger charge is -2.25. The van der Waals surface area contributed by atoms with Crippen LogP contribution in [0.1, 0.15) is 40.3 Å². The summed E-state index contributed by atoms with van der Waals surface area (Å²) < 4.78 is 39.1. The molecule has 1 aliphatic heterocycles. The summed E-state index contributed by atoms with van der Waals surface area (Å²) in [5, 5.41) is 3.85. The van der Waals surface area contributed by atoms with E-state index in [9.17, 15) is 18.0 Å². The molecule has 1 aromatic carbocycles. The third kappa shape index (κ3) is 4.46. The van der Waals surface area contributed by atoms with Gasteiger partial charge in [-0.05, 0) is 49.3 Å². The summed E-state index contributed by atoms with van der Waals surface area (Å²) in [5.74, 6) is 0.0363. The van der Waals surface area contributed by atoms with E-state index in [0.29, 0.717) is 18.8 Å². The molecule has 1 atom stereocenters. The van der Waals surface area contributed by atoms with Crippen molar-refractivity contribution in [3.63, 3.8) is 0 Å². The number of aryl methyl sites for hydroxylation is 1. The first-order chi connectivity index (χ1) is 15.7. The molecule has 3 heterocycles. The number of amides is 1. The minimum absolute atomic E-state index is 0.120. The van der Waals surface area contributed by atoms with Crippen molar-refractivity contribution in [1.82, 2.24) is 14.9 Å². The van der Waals surface area contributed by atoms with Crippen LogP contribution >= 0.6 is 11.3 Å². The van der Waals surface area contributed by atoms with Gasteiger partial charge in [0.2, 0.25) is 0 Å². The molecule has 0 radical (unpaired) electrons. The van der Waals surface area contributed by atoms with Gasteiger partial charge in [0.15, 0.2) is 0 Å². The van der Waals surface area contributed by atoms with E-state index >= 15 is 0 Å². The fourth-order valence-electron chi connectivity index (χ4n) is 4.54. The highest BCUT2D eigenvalue weighted by molar-refractivity contribution is 7.15. The van der Waals surface area contributed by atoms with Crippen LogP contribution in [0, 0.1) is 12.3 Å².